The lowest BCUT2D eigenvalue weighted by molar-refractivity contribution is 0.182. The van der Waals surface area contributed by atoms with Crippen molar-refractivity contribution in [1.82, 2.24) is 0 Å². The molecule has 0 bridgehead atoms. The summed E-state index contributed by atoms with van der Waals surface area (Å²) in [6.45, 7) is 1.26. The number of nitrogens with zero attached hydrogens (tertiary/aromatic N) is 1. The Morgan fingerprint density at radius 3 is 2.94 bits per heavy atom. The quantitative estimate of drug-likeness (QED) is 0.796. The summed E-state index contributed by atoms with van der Waals surface area (Å²) in [5.74, 6) is 0. The van der Waals surface area contributed by atoms with Crippen molar-refractivity contribution >= 4 is 17.3 Å². The van der Waals surface area contributed by atoms with E-state index in [0.29, 0.717) is 23.7 Å². The fourth-order valence-corrected chi connectivity index (χ4v) is 1.86. The number of halogens is 1. The van der Waals surface area contributed by atoms with E-state index in [1.165, 1.54) is 0 Å². The maximum atomic E-state index is 8.92. The number of benzene rings is 1. The van der Waals surface area contributed by atoms with E-state index in [4.69, 9.17) is 27.3 Å². The highest BCUT2D eigenvalue weighted by molar-refractivity contribution is 6.31. The molecule has 0 aliphatic rings. The number of hydrogen-bond donors (Lipinski definition) is 2. The van der Waals surface area contributed by atoms with Crippen molar-refractivity contribution < 1.29 is 4.74 Å². The number of ether oxygens (including phenoxy) is 1. The molecule has 3 N–H and O–H groups in total. The fourth-order valence-electron chi connectivity index (χ4n) is 1.70. The van der Waals surface area contributed by atoms with E-state index in [1.54, 1.807) is 19.2 Å². The first kappa shape index (κ1) is 14.8. The van der Waals surface area contributed by atoms with Gasteiger partial charge in [-0.05, 0) is 37.6 Å². The van der Waals surface area contributed by atoms with Crippen LogP contribution in [0.5, 0.6) is 0 Å². The van der Waals surface area contributed by atoms with E-state index in [2.05, 4.69) is 11.4 Å². The Morgan fingerprint density at radius 1 is 1.56 bits per heavy atom. The second kappa shape index (κ2) is 7.93. The van der Waals surface area contributed by atoms with Crippen LogP contribution in [0.2, 0.25) is 5.02 Å². The normalized spacial score (nSPS) is 11.9. The highest BCUT2D eigenvalue weighted by atomic mass is 35.5. The second-order valence-electron chi connectivity index (χ2n) is 4.03. The molecule has 1 aromatic carbocycles. The summed E-state index contributed by atoms with van der Waals surface area (Å²) in [5, 5.41) is 12.7. The molecule has 1 atom stereocenters. The molecule has 0 saturated heterocycles. The monoisotopic (exact) mass is 267 g/mol. The van der Waals surface area contributed by atoms with Gasteiger partial charge in [0.25, 0.3) is 0 Å². The predicted molar refractivity (Wildman–Crippen MR) is 73.7 cm³/mol. The Hall–Kier alpha value is -1.28. The summed E-state index contributed by atoms with van der Waals surface area (Å²) in [4.78, 5) is 0. The molecule has 98 valence electrons. The van der Waals surface area contributed by atoms with Crippen molar-refractivity contribution in [3.8, 4) is 6.07 Å². The largest absolute Gasteiger partial charge is 0.383 e. The average molecular weight is 268 g/mol. The second-order valence-corrected chi connectivity index (χ2v) is 4.44. The van der Waals surface area contributed by atoms with E-state index < -0.39 is 0 Å². The Labute approximate surface area is 113 Å². The molecule has 1 aromatic rings. The van der Waals surface area contributed by atoms with Gasteiger partial charge in [-0.1, -0.05) is 11.6 Å². The molecule has 1 rings (SSSR count). The van der Waals surface area contributed by atoms with Crippen LogP contribution in [-0.4, -0.2) is 26.3 Å². The molecule has 0 aromatic heterocycles. The first-order valence-corrected chi connectivity index (χ1v) is 6.24. The van der Waals surface area contributed by atoms with Gasteiger partial charge >= 0.3 is 0 Å². The number of hydrogen-bond acceptors (Lipinski definition) is 4. The highest BCUT2D eigenvalue weighted by Gasteiger charge is 2.09. The maximum Gasteiger partial charge on any atom is 0.101 e. The number of rotatable bonds is 7. The van der Waals surface area contributed by atoms with Gasteiger partial charge in [0, 0.05) is 18.8 Å². The van der Waals surface area contributed by atoms with Gasteiger partial charge in [0.05, 0.1) is 17.2 Å². The van der Waals surface area contributed by atoms with E-state index in [9.17, 15) is 0 Å². The Balaban J connectivity index is 2.71. The average Bonchev–Trinajstić information content (AvgIpc) is 2.38. The molecule has 5 heteroatoms. The van der Waals surface area contributed by atoms with Gasteiger partial charge in [0.15, 0.2) is 0 Å². The van der Waals surface area contributed by atoms with Gasteiger partial charge in [-0.25, -0.2) is 0 Å². The van der Waals surface area contributed by atoms with Crippen molar-refractivity contribution in [2.45, 2.75) is 18.9 Å². The number of anilines is 1. The molecule has 0 amide bonds. The summed E-state index contributed by atoms with van der Waals surface area (Å²) in [5.41, 5.74) is 6.84. The fraction of sp³-hybridized carbons (Fsp3) is 0.462. The first-order valence-electron chi connectivity index (χ1n) is 5.86. The van der Waals surface area contributed by atoms with Crippen molar-refractivity contribution in [2.24, 2.45) is 5.73 Å². The van der Waals surface area contributed by atoms with E-state index in [1.807, 2.05) is 6.07 Å². The number of nitrogens with two attached hydrogens (primary N) is 1. The van der Waals surface area contributed by atoms with Gasteiger partial charge in [-0.15, -0.1) is 0 Å². The smallest absolute Gasteiger partial charge is 0.101 e. The van der Waals surface area contributed by atoms with E-state index in [-0.39, 0.29) is 6.04 Å². The van der Waals surface area contributed by atoms with Crippen molar-refractivity contribution in [3.05, 3.63) is 28.8 Å². The van der Waals surface area contributed by atoms with E-state index >= 15 is 0 Å². The number of methoxy groups -OCH3 is 1. The lowest BCUT2D eigenvalue weighted by atomic mass is 10.1. The molecule has 0 fully saturated rings. The van der Waals surface area contributed by atoms with Crippen LogP contribution in [0.1, 0.15) is 18.4 Å². The van der Waals surface area contributed by atoms with Crippen LogP contribution in [0.4, 0.5) is 5.69 Å². The minimum absolute atomic E-state index is 0.186. The van der Waals surface area contributed by atoms with Gasteiger partial charge in [-0.3, -0.25) is 0 Å². The summed E-state index contributed by atoms with van der Waals surface area (Å²) in [6, 6.07) is 7.56. The van der Waals surface area contributed by atoms with Gasteiger partial charge in [0.2, 0.25) is 0 Å². The standard InChI is InChI=1S/C13H18ClN3O/c1-18-9-12(3-2-6-15)17-11-4-5-13(14)10(7-11)8-16/h4-5,7,12,17H,2-3,6,9,15H2,1H3. The highest BCUT2D eigenvalue weighted by Crippen LogP contribution is 2.20. The molecule has 1 unspecified atom stereocenters. The van der Waals surface area contributed by atoms with Crippen LogP contribution in [0.3, 0.4) is 0 Å². The van der Waals surface area contributed by atoms with Crippen LogP contribution in [0, 0.1) is 11.3 Å². The van der Waals surface area contributed by atoms with Crippen LogP contribution in [-0.2, 0) is 4.74 Å². The lowest BCUT2D eigenvalue weighted by Crippen LogP contribution is -2.25. The van der Waals surface area contributed by atoms with Gasteiger partial charge < -0.3 is 15.8 Å². The summed E-state index contributed by atoms with van der Waals surface area (Å²) in [6.07, 6.45) is 1.86. The Morgan fingerprint density at radius 2 is 2.33 bits per heavy atom. The summed E-state index contributed by atoms with van der Waals surface area (Å²) < 4.78 is 5.16. The Kier molecular flexibility index (Phi) is 6.51. The van der Waals surface area contributed by atoms with Crippen LogP contribution in [0.15, 0.2) is 18.2 Å². The number of nitrogens with one attached hydrogen (secondary N) is 1. The number of nitriles is 1. The van der Waals surface area contributed by atoms with Crippen LogP contribution in [0.25, 0.3) is 0 Å². The Bertz CT molecular complexity index is 417. The third-order valence-corrected chi connectivity index (χ3v) is 2.91. The SMILES string of the molecule is COCC(CCCN)Nc1ccc(Cl)c(C#N)c1. The van der Waals surface area contributed by atoms with Crippen LogP contribution >= 0.6 is 11.6 Å². The molecule has 18 heavy (non-hydrogen) atoms. The minimum Gasteiger partial charge on any atom is -0.383 e. The van der Waals surface area contributed by atoms with Crippen molar-refractivity contribution in [1.29, 1.82) is 5.26 Å². The van der Waals surface area contributed by atoms with E-state index in [0.717, 1.165) is 18.5 Å². The predicted octanol–water partition coefficient (Wildman–Crippen LogP) is 2.38. The first-order chi connectivity index (χ1) is 8.71. The van der Waals surface area contributed by atoms with Crippen LogP contribution < -0.4 is 11.1 Å². The lowest BCUT2D eigenvalue weighted by Gasteiger charge is -2.19. The molecule has 0 aliphatic heterocycles. The molecule has 0 radical (unpaired) electrons. The van der Waals surface area contributed by atoms with Gasteiger partial charge in [0.1, 0.15) is 6.07 Å². The molecule has 4 nitrogen and oxygen atoms in total. The molecule has 0 heterocycles. The zero-order chi connectivity index (χ0) is 13.4. The summed E-state index contributed by atoms with van der Waals surface area (Å²) in [7, 11) is 1.67. The topological polar surface area (TPSA) is 71.1 Å². The molecule has 0 aliphatic carbocycles. The van der Waals surface area contributed by atoms with Gasteiger partial charge in [-0.2, -0.15) is 5.26 Å². The maximum absolute atomic E-state index is 8.92. The third kappa shape index (κ3) is 4.53. The third-order valence-electron chi connectivity index (χ3n) is 2.58. The van der Waals surface area contributed by atoms with Crippen molar-refractivity contribution in [3.63, 3.8) is 0 Å². The zero-order valence-electron chi connectivity index (χ0n) is 10.4. The zero-order valence-corrected chi connectivity index (χ0v) is 11.2. The summed E-state index contributed by atoms with van der Waals surface area (Å²) >= 11 is 5.89. The molecule has 0 spiro atoms. The molecular formula is C13H18ClN3O. The minimum atomic E-state index is 0.186. The van der Waals surface area contributed by atoms with Crippen molar-refractivity contribution in [2.75, 3.05) is 25.6 Å². The molecule has 0 saturated carbocycles. The molecular weight excluding hydrogens is 250 g/mol.